The molecule has 0 amide bonds. The SMILES string of the molecule is Cc1cn(-c2cncc(F)c2)c(NC(C)C)n1. The third-order valence-electron chi connectivity index (χ3n) is 2.21. The lowest BCUT2D eigenvalue weighted by Gasteiger charge is -2.11. The van der Waals surface area contributed by atoms with Crippen LogP contribution in [0.25, 0.3) is 5.69 Å². The Balaban J connectivity index is 2.44. The Hall–Kier alpha value is -1.91. The summed E-state index contributed by atoms with van der Waals surface area (Å²) in [6, 6.07) is 1.69. The molecule has 0 aromatic carbocycles. The minimum Gasteiger partial charge on any atom is -0.353 e. The number of nitrogens with zero attached hydrogens (tertiary/aromatic N) is 3. The summed E-state index contributed by atoms with van der Waals surface area (Å²) >= 11 is 0. The van der Waals surface area contributed by atoms with Gasteiger partial charge in [0.1, 0.15) is 5.82 Å². The summed E-state index contributed by atoms with van der Waals surface area (Å²) in [6.45, 7) is 5.95. The summed E-state index contributed by atoms with van der Waals surface area (Å²) < 4.78 is 14.9. The van der Waals surface area contributed by atoms with Crippen LogP contribution in [0.3, 0.4) is 0 Å². The molecule has 0 fully saturated rings. The smallest absolute Gasteiger partial charge is 0.207 e. The minimum atomic E-state index is -0.357. The van der Waals surface area contributed by atoms with Crippen LogP contribution in [-0.2, 0) is 0 Å². The van der Waals surface area contributed by atoms with Crippen molar-refractivity contribution in [2.75, 3.05) is 5.32 Å². The van der Waals surface area contributed by atoms with E-state index in [4.69, 9.17) is 0 Å². The lowest BCUT2D eigenvalue weighted by Crippen LogP contribution is -2.14. The van der Waals surface area contributed by atoms with Crippen LogP contribution in [-0.4, -0.2) is 20.6 Å². The molecule has 90 valence electrons. The zero-order chi connectivity index (χ0) is 12.4. The number of aromatic nitrogens is 3. The summed E-state index contributed by atoms with van der Waals surface area (Å²) in [7, 11) is 0. The Kier molecular flexibility index (Phi) is 3.08. The van der Waals surface area contributed by atoms with Gasteiger partial charge in [-0.05, 0) is 20.8 Å². The molecule has 0 aliphatic heterocycles. The van der Waals surface area contributed by atoms with Crippen LogP contribution >= 0.6 is 0 Å². The Morgan fingerprint density at radius 2 is 2.12 bits per heavy atom. The molecule has 2 heterocycles. The molecule has 1 N–H and O–H groups in total. The van der Waals surface area contributed by atoms with Crippen molar-refractivity contribution in [1.82, 2.24) is 14.5 Å². The number of pyridine rings is 1. The van der Waals surface area contributed by atoms with Crippen LogP contribution in [0.1, 0.15) is 19.5 Å². The van der Waals surface area contributed by atoms with Crippen molar-refractivity contribution in [3.05, 3.63) is 36.2 Å². The number of imidazole rings is 1. The third-order valence-corrected chi connectivity index (χ3v) is 2.21. The Morgan fingerprint density at radius 1 is 1.35 bits per heavy atom. The van der Waals surface area contributed by atoms with Gasteiger partial charge in [0.2, 0.25) is 5.95 Å². The topological polar surface area (TPSA) is 42.7 Å². The third kappa shape index (κ3) is 2.61. The quantitative estimate of drug-likeness (QED) is 0.887. The number of hydrogen-bond acceptors (Lipinski definition) is 3. The lowest BCUT2D eigenvalue weighted by atomic mass is 10.4. The number of anilines is 1. The van der Waals surface area contributed by atoms with Crippen molar-refractivity contribution in [3.8, 4) is 5.69 Å². The molecule has 0 aliphatic rings. The first-order valence-electron chi connectivity index (χ1n) is 5.49. The predicted molar refractivity (Wildman–Crippen MR) is 64.8 cm³/mol. The average molecular weight is 234 g/mol. The highest BCUT2D eigenvalue weighted by atomic mass is 19.1. The van der Waals surface area contributed by atoms with Crippen LogP contribution in [0.2, 0.25) is 0 Å². The van der Waals surface area contributed by atoms with Crippen LogP contribution in [0.5, 0.6) is 0 Å². The van der Waals surface area contributed by atoms with E-state index in [1.165, 1.54) is 12.3 Å². The first-order valence-corrected chi connectivity index (χ1v) is 5.49. The van der Waals surface area contributed by atoms with Gasteiger partial charge in [-0.2, -0.15) is 0 Å². The van der Waals surface area contributed by atoms with E-state index in [2.05, 4.69) is 15.3 Å². The normalized spacial score (nSPS) is 10.9. The predicted octanol–water partition coefficient (Wildman–Crippen LogP) is 2.54. The minimum absolute atomic E-state index is 0.261. The maximum absolute atomic E-state index is 13.1. The molecule has 0 unspecified atom stereocenters. The van der Waals surface area contributed by atoms with Crippen molar-refractivity contribution < 1.29 is 4.39 Å². The fraction of sp³-hybridized carbons (Fsp3) is 0.333. The van der Waals surface area contributed by atoms with Gasteiger partial charge in [0.25, 0.3) is 0 Å². The molecular weight excluding hydrogens is 219 g/mol. The zero-order valence-electron chi connectivity index (χ0n) is 10.1. The fourth-order valence-corrected chi connectivity index (χ4v) is 1.59. The van der Waals surface area contributed by atoms with Gasteiger partial charge in [-0.1, -0.05) is 0 Å². The lowest BCUT2D eigenvalue weighted by molar-refractivity contribution is 0.620. The second-order valence-corrected chi connectivity index (χ2v) is 4.24. The van der Waals surface area contributed by atoms with Crippen molar-refractivity contribution in [1.29, 1.82) is 0 Å². The fourth-order valence-electron chi connectivity index (χ4n) is 1.59. The average Bonchev–Trinajstić information content (AvgIpc) is 2.58. The number of nitrogens with one attached hydrogen (secondary N) is 1. The van der Waals surface area contributed by atoms with Crippen molar-refractivity contribution in [2.45, 2.75) is 26.8 Å². The molecule has 17 heavy (non-hydrogen) atoms. The molecule has 2 aromatic heterocycles. The molecule has 0 radical (unpaired) electrons. The van der Waals surface area contributed by atoms with Crippen LogP contribution < -0.4 is 5.32 Å². The van der Waals surface area contributed by atoms with E-state index in [-0.39, 0.29) is 11.9 Å². The summed E-state index contributed by atoms with van der Waals surface area (Å²) in [5.74, 6) is 0.342. The van der Waals surface area contributed by atoms with E-state index in [1.807, 2.05) is 27.0 Å². The van der Waals surface area contributed by atoms with Crippen LogP contribution in [0.15, 0.2) is 24.7 Å². The Bertz CT molecular complexity index is 519. The summed E-state index contributed by atoms with van der Waals surface area (Å²) in [6.07, 6.45) is 4.64. The van der Waals surface area contributed by atoms with Gasteiger partial charge in [-0.15, -0.1) is 0 Å². The highest BCUT2D eigenvalue weighted by Gasteiger charge is 2.09. The van der Waals surface area contributed by atoms with Crippen molar-refractivity contribution in [3.63, 3.8) is 0 Å². The summed E-state index contributed by atoms with van der Waals surface area (Å²) in [5.41, 5.74) is 1.53. The van der Waals surface area contributed by atoms with Crippen LogP contribution in [0, 0.1) is 12.7 Å². The van der Waals surface area contributed by atoms with E-state index in [1.54, 1.807) is 10.8 Å². The molecule has 5 heteroatoms. The Labute approximate surface area is 99.5 Å². The molecule has 0 saturated carbocycles. The van der Waals surface area contributed by atoms with E-state index < -0.39 is 0 Å². The van der Waals surface area contributed by atoms with E-state index in [9.17, 15) is 4.39 Å². The molecule has 0 spiro atoms. The highest BCUT2D eigenvalue weighted by molar-refractivity contribution is 5.42. The van der Waals surface area contributed by atoms with E-state index in [0.29, 0.717) is 11.6 Å². The monoisotopic (exact) mass is 234 g/mol. The first-order chi connectivity index (χ1) is 8.06. The maximum Gasteiger partial charge on any atom is 0.207 e. The molecule has 0 aliphatic carbocycles. The van der Waals surface area contributed by atoms with Gasteiger partial charge in [-0.3, -0.25) is 9.55 Å². The van der Waals surface area contributed by atoms with Gasteiger partial charge < -0.3 is 5.32 Å². The van der Waals surface area contributed by atoms with Gasteiger partial charge in [0, 0.05) is 18.3 Å². The molecule has 0 atom stereocenters. The largest absolute Gasteiger partial charge is 0.353 e. The first kappa shape index (κ1) is 11.6. The van der Waals surface area contributed by atoms with E-state index in [0.717, 1.165) is 5.69 Å². The molecule has 2 aromatic rings. The summed E-state index contributed by atoms with van der Waals surface area (Å²) in [4.78, 5) is 8.20. The standard InChI is InChI=1S/C12H15FN4/c1-8(2)15-12-16-9(3)7-17(12)11-4-10(13)5-14-6-11/h4-8H,1-3H3,(H,15,16). The molecule has 2 rings (SSSR count). The molecule has 0 bridgehead atoms. The van der Waals surface area contributed by atoms with Gasteiger partial charge >= 0.3 is 0 Å². The van der Waals surface area contributed by atoms with Crippen LogP contribution in [0.4, 0.5) is 10.3 Å². The number of rotatable bonds is 3. The van der Waals surface area contributed by atoms with Crippen molar-refractivity contribution >= 4 is 5.95 Å². The van der Waals surface area contributed by atoms with Gasteiger partial charge in [0.15, 0.2) is 0 Å². The molecular formula is C12H15FN4. The zero-order valence-corrected chi connectivity index (χ0v) is 10.1. The van der Waals surface area contributed by atoms with Gasteiger partial charge in [-0.25, -0.2) is 9.37 Å². The second-order valence-electron chi connectivity index (χ2n) is 4.24. The number of halogens is 1. The highest BCUT2D eigenvalue weighted by Crippen LogP contribution is 2.17. The van der Waals surface area contributed by atoms with Crippen molar-refractivity contribution in [2.24, 2.45) is 0 Å². The number of hydrogen-bond donors (Lipinski definition) is 1. The molecule has 4 nitrogen and oxygen atoms in total. The van der Waals surface area contributed by atoms with E-state index >= 15 is 0 Å². The second kappa shape index (κ2) is 4.53. The Morgan fingerprint density at radius 3 is 2.76 bits per heavy atom. The molecule has 0 saturated heterocycles. The maximum atomic E-state index is 13.1. The number of aryl methyl sites for hydroxylation is 1. The van der Waals surface area contributed by atoms with Gasteiger partial charge in [0.05, 0.1) is 23.8 Å². The summed E-state index contributed by atoms with van der Waals surface area (Å²) in [5, 5.41) is 3.21.